The summed E-state index contributed by atoms with van der Waals surface area (Å²) in [5, 5.41) is 0.602. The zero-order valence-electron chi connectivity index (χ0n) is 9.48. The van der Waals surface area contributed by atoms with E-state index in [0.717, 1.165) is 5.56 Å². The Labute approximate surface area is 105 Å². The van der Waals surface area contributed by atoms with Gasteiger partial charge in [-0.25, -0.2) is 0 Å². The average molecular weight is 253 g/mol. The summed E-state index contributed by atoms with van der Waals surface area (Å²) in [5.74, 6) is -0.795. The Bertz CT molecular complexity index is 438. The maximum absolute atomic E-state index is 11.4. The zero-order valence-corrected chi connectivity index (χ0v) is 10.2. The lowest BCUT2D eigenvalue weighted by Crippen LogP contribution is -2.08. The van der Waals surface area contributed by atoms with Gasteiger partial charge >= 0.3 is 5.97 Å². The van der Waals surface area contributed by atoms with Gasteiger partial charge in [-0.3, -0.25) is 9.59 Å². The number of hydrogen-bond donors (Lipinski definition) is 0. The third kappa shape index (κ3) is 5.31. The molecule has 0 amide bonds. The molecular formula is C13H13ClO3. The fraction of sp³-hybridized carbons (Fsp3) is 0.231. The Hall–Kier alpha value is -1.61. The predicted octanol–water partition coefficient (Wildman–Crippen LogP) is 2.88. The first kappa shape index (κ1) is 13.5. The first-order chi connectivity index (χ1) is 8.11. The topological polar surface area (TPSA) is 43.4 Å². The quantitative estimate of drug-likeness (QED) is 0.460. The molecule has 0 saturated heterocycles. The zero-order chi connectivity index (χ0) is 12.7. The van der Waals surface area contributed by atoms with Crippen molar-refractivity contribution in [1.82, 2.24) is 0 Å². The Morgan fingerprint density at radius 2 is 2.18 bits per heavy atom. The molecule has 90 valence electrons. The highest BCUT2D eigenvalue weighted by Gasteiger charge is 2.06. The van der Waals surface area contributed by atoms with E-state index in [1.807, 2.05) is 6.07 Å². The summed E-state index contributed by atoms with van der Waals surface area (Å²) >= 11 is 5.79. The molecule has 4 heteroatoms. The number of benzene rings is 1. The Balaban J connectivity index is 2.53. The summed E-state index contributed by atoms with van der Waals surface area (Å²) < 4.78 is 4.67. The lowest BCUT2D eigenvalue weighted by atomic mass is 10.2. The summed E-state index contributed by atoms with van der Waals surface area (Å²) in [5.41, 5.74) is 0.815. The molecule has 1 rings (SSSR count). The molecule has 0 bridgehead atoms. The van der Waals surface area contributed by atoms with Crippen LogP contribution in [0.2, 0.25) is 5.02 Å². The van der Waals surface area contributed by atoms with Crippen molar-refractivity contribution in [2.24, 2.45) is 0 Å². The van der Waals surface area contributed by atoms with Crippen molar-refractivity contribution >= 4 is 29.4 Å². The van der Waals surface area contributed by atoms with Crippen LogP contribution in [0.5, 0.6) is 0 Å². The number of allylic oxidation sites excluding steroid dienone is 1. The first-order valence-electron chi connectivity index (χ1n) is 5.24. The Kier molecular flexibility index (Phi) is 5.43. The number of rotatable bonds is 5. The van der Waals surface area contributed by atoms with Crippen LogP contribution in [0.15, 0.2) is 30.3 Å². The molecule has 0 aliphatic heterocycles. The van der Waals surface area contributed by atoms with Crippen molar-refractivity contribution in [1.29, 1.82) is 0 Å². The van der Waals surface area contributed by atoms with Crippen LogP contribution in [0.25, 0.3) is 6.08 Å². The Morgan fingerprint density at radius 1 is 1.41 bits per heavy atom. The van der Waals surface area contributed by atoms with Crippen LogP contribution >= 0.6 is 11.6 Å². The largest absolute Gasteiger partial charge is 0.466 e. The summed E-state index contributed by atoms with van der Waals surface area (Å²) in [6.07, 6.45) is 2.74. The van der Waals surface area contributed by atoms with Crippen molar-refractivity contribution in [3.05, 3.63) is 40.9 Å². The predicted molar refractivity (Wildman–Crippen MR) is 66.7 cm³/mol. The van der Waals surface area contributed by atoms with Crippen molar-refractivity contribution in [2.75, 3.05) is 6.61 Å². The van der Waals surface area contributed by atoms with E-state index in [1.54, 1.807) is 31.2 Å². The van der Waals surface area contributed by atoms with Crippen LogP contribution < -0.4 is 0 Å². The smallest absolute Gasteiger partial charge is 0.313 e. The minimum atomic E-state index is -0.506. The molecule has 3 nitrogen and oxygen atoms in total. The third-order valence-corrected chi connectivity index (χ3v) is 2.17. The second-order valence-electron chi connectivity index (χ2n) is 3.34. The van der Waals surface area contributed by atoms with Gasteiger partial charge in [0.05, 0.1) is 6.61 Å². The third-order valence-electron chi connectivity index (χ3n) is 1.93. The van der Waals surface area contributed by atoms with Crippen LogP contribution in [0.4, 0.5) is 0 Å². The second kappa shape index (κ2) is 6.86. The van der Waals surface area contributed by atoms with Crippen LogP contribution in [-0.4, -0.2) is 18.4 Å². The molecule has 0 aliphatic carbocycles. The number of esters is 1. The van der Waals surface area contributed by atoms with Gasteiger partial charge in [-0.05, 0) is 30.7 Å². The van der Waals surface area contributed by atoms with E-state index in [2.05, 4.69) is 4.74 Å². The van der Waals surface area contributed by atoms with Gasteiger partial charge in [-0.15, -0.1) is 0 Å². The van der Waals surface area contributed by atoms with Crippen LogP contribution in [0, 0.1) is 0 Å². The van der Waals surface area contributed by atoms with Gasteiger partial charge in [0.15, 0.2) is 5.78 Å². The molecule has 17 heavy (non-hydrogen) atoms. The van der Waals surface area contributed by atoms with Gasteiger partial charge in [0.2, 0.25) is 0 Å². The van der Waals surface area contributed by atoms with Gasteiger partial charge in [-0.2, -0.15) is 0 Å². The molecule has 0 atom stereocenters. The van der Waals surface area contributed by atoms with Gasteiger partial charge in [0, 0.05) is 5.02 Å². The second-order valence-corrected chi connectivity index (χ2v) is 3.77. The minimum Gasteiger partial charge on any atom is -0.466 e. The number of carbonyl (C=O) groups excluding carboxylic acids is 2. The number of hydrogen-bond acceptors (Lipinski definition) is 3. The molecule has 0 unspecified atom stereocenters. The molecule has 0 heterocycles. The van der Waals surface area contributed by atoms with E-state index < -0.39 is 5.97 Å². The highest BCUT2D eigenvalue weighted by molar-refractivity contribution is 6.30. The van der Waals surface area contributed by atoms with Gasteiger partial charge in [0.25, 0.3) is 0 Å². The number of ketones is 1. The fourth-order valence-electron chi connectivity index (χ4n) is 1.21. The van der Waals surface area contributed by atoms with Crippen molar-refractivity contribution in [3.8, 4) is 0 Å². The minimum absolute atomic E-state index is 0.231. The molecule has 1 aromatic rings. The van der Waals surface area contributed by atoms with Crippen molar-refractivity contribution in [2.45, 2.75) is 13.3 Å². The van der Waals surface area contributed by atoms with E-state index in [-0.39, 0.29) is 18.8 Å². The highest BCUT2D eigenvalue weighted by Crippen LogP contribution is 2.11. The van der Waals surface area contributed by atoms with Crippen molar-refractivity contribution in [3.63, 3.8) is 0 Å². The van der Waals surface area contributed by atoms with Crippen LogP contribution in [0.1, 0.15) is 18.9 Å². The lowest BCUT2D eigenvalue weighted by molar-refractivity contribution is -0.144. The summed E-state index contributed by atoms with van der Waals surface area (Å²) in [4.78, 5) is 22.4. The van der Waals surface area contributed by atoms with E-state index in [0.29, 0.717) is 5.02 Å². The summed E-state index contributed by atoms with van der Waals surface area (Å²) in [6.45, 7) is 1.98. The normalized spacial score (nSPS) is 10.5. The lowest BCUT2D eigenvalue weighted by Gasteiger charge is -1.98. The van der Waals surface area contributed by atoms with Gasteiger partial charge in [0.1, 0.15) is 6.42 Å². The molecule has 0 spiro atoms. The van der Waals surface area contributed by atoms with Crippen LogP contribution in [0.3, 0.4) is 0 Å². The number of halogens is 1. The number of carbonyl (C=O) groups is 2. The van der Waals surface area contributed by atoms with Gasteiger partial charge < -0.3 is 4.74 Å². The Morgan fingerprint density at radius 3 is 2.82 bits per heavy atom. The van der Waals surface area contributed by atoms with Crippen molar-refractivity contribution < 1.29 is 14.3 Å². The SMILES string of the molecule is CCOC(=O)CC(=O)C=Cc1cccc(Cl)c1. The maximum atomic E-state index is 11.4. The summed E-state index contributed by atoms with van der Waals surface area (Å²) in [7, 11) is 0. The standard InChI is InChI=1S/C13H13ClO3/c1-2-17-13(16)9-12(15)7-6-10-4-3-5-11(14)8-10/h3-8H,2,9H2,1H3. The average Bonchev–Trinajstić information content (AvgIpc) is 2.27. The van der Waals surface area contributed by atoms with E-state index in [4.69, 9.17) is 11.6 Å². The highest BCUT2D eigenvalue weighted by atomic mass is 35.5. The van der Waals surface area contributed by atoms with E-state index in [9.17, 15) is 9.59 Å². The molecule has 0 N–H and O–H groups in total. The molecule has 0 radical (unpaired) electrons. The van der Waals surface area contributed by atoms with Crippen LogP contribution in [-0.2, 0) is 14.3 Å². The monoisotopic (exact) mass is 252 g/mol. The molecule has 0 aliphatic rings. The number of ether oxygens (including phenoxy) is 1. The van der Waals surface area contributed by atoms with E-state index >= 15 is 0 Å². The molecule has 0 fully saturated rings. The first-order valence-corrected chi connectivity index (χ1v) is 5.61. The molecule has 0 aromatic heterocycles. The maximum Gasteiger partial charge on any atom is 0.313 e. The van der Waals surface area contributed by atoms with Gasteiger partial charge in [-0.1, -0.05) is 29.8 Å². The van der Waals surface area contributed by atoms with E-state index in [1.165, 1.54) is 6.08 Å². The molecular weight excluding hydrogens is 240 g/mol. The fourth-order valence-corrected chi connectivity index (χ4v) is 1.41. The summed E-state index contributed by atoms with van der Waals surface area (Å²) in [6, 6.07) is 7.09. The molecule has 1 aromatic carbocycles. The molecule has 0 saturated carbocycles.